The summed E-state index contributed by atoms with van der Waals surface area (Å²) in [5.41, 5.74) is 1.25. The topological polar surface area (TPSA) is 0 Å². The minimum absolute atomic E-state index is 1.14. The molecule has 51 valence electrons. The molecule has 0 aromatic rings. The Balaban J connectivity index is 3.45. The normalized spacial score (nSPS) is 11.6. The summed E-state index contributed by atoms with van der Waals surface area (Å²) in [5.74, 6) is 0. The molecule has 0 fully saturated rings. The van der Waals surface area contributed by atoms with Gasteiger partial charge in [-0.3, -0.25) is 0 Å². The summed E-state index contributed by atoms with van der Waals surface area (Å²) in [6, 6.07) is 0. The SMILES string of the molecule is C=[C]C(=CC)CCCC. The summed E-state index contributed by atoms with van der Waals surface area (Å²) < 4.78 is 0. The molecule has 0 atom stereocenters. The molecule has 0 heteroatoms. The first-order valence-electron chi connectivity index (χ1n) is 3.53. The molecular weight excluding hydrogens is 108 g/mol. The molecule has 0 amide bonds. The summed E-state index contributed by atoms with van der Waals surface area (Å²) >= 11 is 0. The zero-order valence-corrected chi connectivity index (χ0v) is 6.41. The number of hydrogen-bond donors (Lipinski definition) is 0. The summed E-state index contributed by atoms with van der Waals surface area (Å²) in [6.07, 6.45) is 8.61. The Labute approximate surface area is 58.3 Å². The number of unbranched alkanes of at least 4 members (excludes halogenated alkanes) is 1. The maximum Gasteiger partial charge on any atom is -0.0231 e. The third-order valence-corrected chi connectivity index (χ3v) is 1.38. The summed E-state index contributed by atoms with van der Waals surface area (Å²) in [4.78, 5) is 0. The van der Waals surface area contributed by atoms with E-state index in [1.807, 2.05) is 6.92 Å². The van der Waals surface area contributed by atoms with Crippen LogP contribution < -0.4 is 0 Å². The fourth-order valence-corrected chi connectivity index (χ4v) is 0.702. The molecule has 1 radical (unpaired) electrons. The van der Waals surface area contributed by atoms with Crippen LogP contribution in [0.15, 0.2) is 18.2 Å². The van der Waals surface area contributed by atoms with E-state index < -0.39 is 0 Å². The van der Waals surface area contributed by atoms with Gasteiger partial charge < -0.3 is 0 Å². The number of allylic oxidation sites excluding steroid dienone is 3. The van der Waals surface area contributed by atoms with Crippen molar-refractivity contribution in [3.05, 3.63) is 24.3 Å². The molecule has 0 rings (SSSR count). The van der Waals surface area contributed by atoms with E-state index in [9.17, 15) is 0 Å². The summed E-state index contributed by atoms with van der Waals surface area (Å²) in [7, 11) is 0. The molecule has 0 heterocycles. The molecule has 0 spiro atoms. The van der Waals surface area contributed by atoms with Crippen LogP contribution in [0.25, 0.3) is 0 Å². The zero-order valence-electron chi connectivity index (χ0n) is 6.41. The van der Waals surface area contributed by atoms with Crippen molar-refractivity contribution in [2.24, 2.45) is 0 Å². The van der Waals surface area contributed by atoms with Crippen molar-refractivity contribution >= 4 is 0 Å². The van der Waals surface area contributed by atoms with Gasteiger partial charge in [0.2, 0.25) is 0 Å². The van der Waals surface area contributed by atoms with Gasteiger partial charge in [-0.15, -0.1) is 0 Å². The average molecular weight is 123 g/mol. The van der Waals surface area contributed by atoms with E-state index in [4.69, 9.17) is 0 Å². The van der Waals surface area contributed by atoms with E-state index in [2.05, 4.69) is 25.7 Å². The second kappa shape index (κ2) is 5.61. The standard InChI is InChI=1S/C9H15/c1-4-7-8-9(5-2)6-3/h6H,2,4,7-8H2,1,3H3. The minimum atomic E-state index is 1.14. The minimum Gasteiger partial charge on any atom is -0.0909 e. The van der Waals surface area contributed by atoms with Crippen molar-refractivity contribution in [3.63, 3.8) is 0 Å². The Morgan fingerprint density at radius 1 is 1.67 bits per heavy atom. The van der Waals surface area contributed by atoms with Gasteiger partial charge in [0.05, 0.1) is 0 Å². The van der Waals surface area contributed by atoms with Gasteiger partial charge in [0.1, 0.15) is 0 Å². The van der Waals surface area contributed by atoms with E-state index in [1.165, 1.54) is 18.4 Å². The lowest BCUT2D eigenvalue weighted by molar-refractivity contribution is 0.795. The Morgan fingerprint density at radius 3 is 2.67 bits per heavy atom. The summed E-state index contributed by atoms with van der Waals surface area (Å²) in [6.45, 7) is 7.81. The molecule has 0 bridgehead atoms. The molecular formula is C9H15. The van der Waals surface area contributed by atoms with Crippen LogP contribution in [0.5, 0.6) is 0 Å². The predicted octanol–water partition coefficient (Wildman–Crippen LogP) is 3.11. The van der Waals surface area contributed by atoms with E-state index in [-0.39, 0.29) is 0 Å². The van der Waals surface area contributed by atoms with Crippen LogP contribution in [0.1, 0.15) is 33.1 Å². The van der Waals surface area contributed by atoms with E-state index in [1.54, 1.807) is 0 Å². The van der Waals surface area contributed by atoms with E-state index in [0.29, 0.717) is 0 Å². The molecule has 0 aliphatic rings. The predicted molar refractivity (Wildman–Crippen MR) is 42.2 cm³/mol. The molecule has 0 aromatic carbocycles. The van der Waals surface area contributed by atoms with Crippen molar-refractivity contribution in [2.75, 3.05) is 0 Å². The van der Waals surface area contributed by atoms with E-state index in [0.717, 1.165) is 6.42 Å². The van der Waals surface area contributed by atoms with Crippen molar-refractivity contribution in [3.8, 4) is 0 Å². The van der Waals surface area contributed by atoms with Crippen LogP contribution in [0.3, 0.4) is 0 Å². The van der Waals surface area contributed by atoms with Gasteiger partial charge in [-0.05, 0) is 31.4 Å². The van der Waals surface area contributed by atoms with Gasteiger partial charge in [0.25, 0.3) is 0 Å². The second-order valence-electron chi connectivity index (χ2n) is 2.09. The smallest absolute Gasteiger partial charge is 0.0231 e. The van der Waals surface area contributed by atoms with Crippen LogP contribution in [-0.2, 0) is 0 Å². The quantitative estimate of drug-likeness (QED) is 0.504. The molecule has 0 aliphatic heterocycles. The first kappa shape index (κ1) is 8.48. The van der Waals surface area contributed by atoms with Gasteiger partial charge in [-0.25, -0.2) is 0 Å². The fraction of sp³-hybridized carbons (Fsp3) is 0.556. The number of rotatable bonds is 4. The molecule has 0 nitrogen and oxygen atoms in total. The average Bonchev–Trinajstić information content (AvgIpc) is 1.91. The number of hydrogen-bond acceptors (Lipinski definition) is 0. The first-order chi connectivity index (χ1) is 4.35. The van der Waals surface area contributed by atoms with Crippen molar-refractivity contribution in [1.29, 1.82) is 0 Å². The Morgan fingerprint density at radius 2 is 2.33 bits per heavy atom. The maximum atomic E-state index is 3.59. The van der Waals surface area contributed by atoms with Crippen LogP contribution in [0.2, 0.25) is 0 Å². The van der Waals surface area contributed by atoms with Gasteiger partial charge in [0, 0.05) is 0 Å². The molecule has 0 aliphatic carbocycles. The molecule has 0 unspecified atom stereocenters. The monoisotopic (exact) mass is 123 g/mol. The highest BCUT2D eigenvalue weighted by Gasteiger charge is 1.87. The van der Waals surface area contributed by atoms with Gasteiger partial charge in [-0.1, -0.05) is 26.0 Å². The van der Waals surface area contributed by atoms with Crippen molar-refractivity contribution in [2.45, 2.75) is 33.1 Å². The van der Waals surface area contributed by atoms with Crippen molar-refractivity contribution < 1.29 is 0 Å². The Bertz CT molecular complexity index is 98.6. The van der Waals surface area contributed by atoms with Gasteiger partial charge >= 0.3 is 0 Å². The van der Waals surface area contributed by atoms with Gasteiger partial charge in [-0.2, -0.15) is 0 Å². The van der Waals surface area contributed by atoms with E-state index >= 15 is 0 Å². The lowest BCUT2D eigenvalue weighted by Crippen LogP contribution is -1.77. The van der Waals surface area contributed by atoms with Gasteiger partial charge in [0.15, 0.2) is 0 Å². The summed E-state index contributed by atoms with van der Waals surface area (Å²) in [5, 5.41) is 0. The largest absolute Gasteiger partial charge is 0.0909 e. The molecule has 9 heavy (non-hydrogen) atoms. The highest BCUT2D eigenvalue weighted by Crippen LogP contribution is 2.05. The van der Waals surface area contributed by atoms with Crippen LogP contribution in [0.4, 0.5) is 0 Å². The van der Waals surface area contributed by atoms with Crippen LogP contribution in [0, 0.1) is 6.08 Å². The molecule has 0 saturated carbocycles. The third-order valence-electron chi connectivity index (χ3n) is 1.38. The maximum absolute atomic E-state index is 3.59. The van der Waals surface area contributed by atoms with Crippen LogP contribution >= 0.6 is 0 Å². The highest BCUT2D eigenvalue weighted by atomic mass is 13.9. The highest BCUT2D eigenvalue weighted by molar-refractivity contribution is 5.08. The second-order valence-corrected chi connectivity index (χ2v) is 2.09. The lowest BCUT2D eigenvalue weighted by atomic mass is 10.1. The Kier molecular flexibility index (Phi) is 5.29. The van der Waals surface area contributed by atoms with Crippen LogP contribution in [-0.4, -0.2) is 0 Å². The molecule has 0 saturated heterocycles. The lowest BCUT2D eigenvalue weighted by Gasteiger charge is -1.95. The Hall–Kier alpha value is -0.520. The zero-order chi connectivity index (χ0) is 7.11. The fourth-order valence-electron chi connectivity index (χ4n) is 0.702. The third kappa shape index (κ3) is 4.01. The molecule has 0 aromatic heterocycles. The van der Waals surface area contributed by atoms with Crippen molar-refractivity contribution in [1.82, 2.24) is 0 Å². The molecule has 0 N–H and O–H groups in total. The first-order valence-corrected chi connectivity index (χ1v) is 3.53.